The lowest BCUT2D eigenvalue weighted by molar-refractivity contribution is 0.604. The second-order valence-corrected chi connectivity index (χ2v) is 5.28. The molecule has 2 heterocycles. The van der Waals surface area contributed by atoms with Gasteiger partial charge in [-0.2, -0.15) is 0 Å². The van der Waals surface area contributed by atoms with Crippen LogP contribution in [0.2, 0.25) is 0 Å². The van der Waals surface area contributed by atoms with Crippen molar-refractivity contribution in [3.63, 3.8) is 0 Å². The van der Waals surface area contributed by atoms with Crippen LogP contribution in [0.5, 0.6) is 0 Å². The highest BCUT2D eigenvalue weighted by molar-refractivity contribution is 5.81. The van der Waals surface area contributed by atoms with Crippen LogP contribution in [0.3, 0.4) is 0 Å². The van der Waals surface area contributed by atoms with Crippen molar-refractivity contribution in [1.82, 2.24) is 14.5 Å². The van der Waals surface area contributed by atoms with Crippen LogP contribution >= 0.6 is 0 Å². The first-order chi connectivity index (χ1) is 10.1. The van der Waals surface area contributed by atoms with Crippen molar-refractivity contribution in [3.05, 3.63) is 48.0 Å². The van der Waals surface area contributed by atoms with Gasteiger partial charge in [-0.05, 0) is 37.6 Å². The first-order valence-electron chi connectivity index (χ1n) is 6.92. The van der Waals surface area contributed by atoms with Crippen molar-refractivity contribution in [2.45, 2.75) is 26.4 Å². The number of halogens is 1. The summed E-state index contributed by atoms with van der Waals surface area (Å²) in [5, 5.41) is 0. The molecule has 0 aliphatic carbocycles. The van der Waals surface area contributed by atoms with Crippen molar-refractivity contribution in [2.75, 3.05) is 0 Å². The van der Waals surface area contributed by atoms with E-state index in [0.29, 0.717) is 17.9 Å². The Morgan fingerprint density at radius 3 is 2.76 bits per heavy atom. The summed E-state index contributed by atoms with van der Waals surface area (Å²) < 4.78 is 16.1. The van der Waals surface area contributed by atoms with E-state index in [9.17, 15) is 4.39 Å². The molecule has 0 saturated carbocycles. The number of nitrogens with two attached hydrogens (primary N) is 1. The van der Waals surface area contributed by atoms with Gasteiger partial charge >= 0.3 is 0 Å². The van der Waals surface area contributed by atoms with E-state index in [4.69, 9.17) is 5.73 Å². The fraction of sp³-hybridized carbons (Fsp3) is 0.250. The molecule has 4 nitrogen and oxygen atoms in total. The SMILES string of the molecule is CC(C)n1c(-c2ccncc2F)nc2cc(CN)ccc21. The number of imidazole rings is 1. The minimum absolute atomic E-state index is 0.168. The third-order valence-corrected chi connectivity index (χ3v) is 3.52. The first kappa shape index (κ1) is 13.7. The lowest BCUT2D eigenvalue weighted by Crippen LogP contribution is -2.04. The third-order valence-electron chi connectivity index (χ3n) is 3.52. The van der Waals surface area contributed by atoms with Gasteiger partial charge in [-0.25, -0.2) is 9.37 Å². The molecule has 0 atom stereocenters. The maximum absolute atomic E-state index is 14.1. The molecule has 3 rings (SSSR count). The van der Waals surface area contributed by atoms with E-state index in [2.05, 4.69) is 23.8 Å². The van der Waals surface area contributed by atoms with Crippen molar-refractivity contribution in [1.29, 1.82) is 0 Å². The summed E-state index contributed by atoms with van der Waals surface area (Å²) in [7, 11) is 0. The molecule has 0 spiro atoms. The molecule has 0 bridgehead atoms. The second-order valence-electron chi connectivity index (χ2n) is 5.28. The molecule has 3 aromatic rings. The number of aromatic nitrogens is 3. The Kier molecular flexibility index (Phi) is 3.43. The molecule has 0 aliphatic heterocycles. The average molecular weight is 284 g/mol. The molecule has 0 aliphatic rings. The Bertz CT molecular complexity index is 792. The molecule has 0 fully saturated rings. The van der Waals surface area contributed by atoms with Crippen LogP contribution in [-0.4, -0.2) is 14.5 Å². The zero-order chi connectivity index (χ0) is 15.0. The number of hydrogen-bond acceptors (Lipinski definition) is 3. The highest BCUT2D eigenvalue weighted by Crippen LogP contribution is 2.29. The Morgan fingerprint density at radius 1 is 1.29 bits per heavy atom. The van der Waals surface area contributed by atoms with Gasteiger partial charge in [0.2, 0.25) is 0 Å². The zero-order valence-corrected chi connectivity index (χ0v) is 12.0. The van der Waals surface area contributed by atoms with Crippen LogP contribution in [0.1, 0.15) is 25.5 Å². The maximum Gasteiger partial charge on any atom is 0.152 e. The Morgan fingerprint density at radius 2 is 2.10 bits per heavy atom. The summed E-state index contributed by atoms with van der Waals surface area (Å²) in [5.41, 5.74) is 8.96. The molecule has 0 saturated heterocycles. The summed E-state index contributed by atoms with van der Waals surface area (Å²) >= 11 is 0. The van der Waals surface area contributed by atoms with Gasteiger partial charge in [0.15, 0.2) is 5.82 Å². The van der Waals surface area contributed by atoms with Crippen LogP contribution in [0.4, 0.5) is 4.39 Å². The predicted molar refractivity (Wildman–Crippen MR) is 81.2 cm³/mol. The number of benzene rings is 1. The summed E-state index contributed by atoms with van der Waals surface area (Å²) in [5.74, 6) is 0.253. The fourth-order valence-electron chi connectivity index (χ4n) is 2.54. The topological polar surface area (TPSA) is 56.7 Å². The van der Waals surface area contributed by atoms with E-state index in [1.54, 1.807) is 12.3 Å². The minimum atomic E-state index is -0.367. The maximum atomic E-state index is 14.1. The van der Waals surface area contributed by atoms with Gasteiger partial charge < -0.3 is 10.3 Å². The first-order valence-corrected chi connectivity index (χ1v) is 6.92. The predicted octanol–water partition coefficient (Wildman–Crippen LogP) is 3.28. The molecule has 2 aromatic heterocycles. The Labute approximate surface area is 122 Å². The quantitative estimate of drug-likeness (QED) is 0.803. The van der Waals surface area contributed by atoms with Crippen LogP contribution in [0, 0.1) is 5.82 Å². The van der Waals surface area contributed by atoms with Gasteiger partial charge in [0.05, 0.1) is 22.8 Å². The van der Waals surface area contributed by atoms with E-state index in [0.717, 1.165) is 16.6 Å². The van der Waals surface area contributed by atoms with Crippen LogP contribution < -0.4 is 5.73 Å². The molecule has 108 valence electrons. The Hall–Kier alpha value is -2.27. The highest BCUT2D eigenvalue weighted by atomic mass is 19.1. The number of rotatable bonds is 3. The highest BCUT2D eigenvalue weighted by Gasteiger charge is 2.17. The van der Waals surface area contributed by atoms with Crippen LogP contribution in [0.15, 0.2) is 36.7 Å². The third kappa shape index (κ3) is 2.29. The summed E-state index contributed by atoms with van der Waals surface area (Å²) in [6.07, 6.45) is 2.79. The largest absolute Gasteiger partial charge is 0.326 e. The fourth-order valence-corrected chi connectivity index (χ4v) is 2.54. The standard InChI is InChI=1S/C16H17FN4/c1-10(2)21-15-4-3-11(8-18)7-14(15)20-16(21)12-5-6-19-9-13(12)17/h3-7,9-10H,8,18H2,1-2H3. The van der Waals surface area contributed by atoms with Gasteiger partial charge in [-0.1, -0.05) is 6.07 Å². The van der Waals surface area contributed by atoms with Crippen molar-refractivity contribution < 1.29 is 4.39 Å². The summed E-state index contributed by atoms with van der Waals surface area (Å²) in [6.45, 7) is 4.57. The van der Waals surface area contributed by atoms with E-state index in [1.165, 1.54) is 6.20 Å². The van der Waals surface area contributed by atoms with E-state index in [-0.39, 0.29) is 11.9 Å². The van der Waals surface area contributed by atoms with Gasteiger partial charge in [0, 0.05) is 18.8 Å². The number of pyridine rings is 1. The van der Waals surface area contributed by atoms with Crippen molar-refractivity contribution >= 4 is 11.0 Å². The number of fused-ring (bicyclic) bond motifs is 1. The summed E-state index contributed by atoms with van der Waals surface area (Å²) in [4.78, 5) is 8.41. The van der Waals surface area contributed by atoms with E-state index >= 15 is 0 Å². The second kappa shape index (κ2) is 5.26. The number of hydrogen-bond donors (Lipinski definition) is 1. The van der Waals surface area contributed by atoms with E-state index < -0.39 is 0 Å². The molecule has 0 amide bonds. The molecule has 0 radical (unpaired) electrons. The monoisotopic (exact) mass is 284 g/mol. The molecule has 21 heavy (non-hydrogen) atoms. The molecular weight excluding hydrogens is 267 g/mol. The molecule has 2 N–H and O–H groups in total. The van der Waals surface area contributed by atoms with Gasteiger partial charge in [0.1, 0.15) is 5.82 Å². The zero-order valence-electron chi connectivity index (χ0n) is 12.0. The molecule has 5 heteroatoms. The number of nitrogens with zero attached hydrogens (tertiary/aromatic N) is 3. The molecular formula is C16H17FN4. The van der Waals surface area contributed by atoms with Gasteiger partial charge in [-0.15, -0.1) is 0 Å². The van der Waals surface area contributed by atoms with Crippen molar-refractivity contribution in [2.24, 2.45) is 5.73 Å². The smallest absolute Gasteiger partial charge is 0.152 e. The van der Waals surface area contributed by atoms with E-state index in [1.807, 2.05) is 22.8 Å². The van der Waals surface area contributed by atoms with Gasteiger partial charge in [0.25, 0.3) is 0 Å². The molecule has 0 unspecified atom stereocenters. The van der Waals surface area contributed by atoms with Crippen molar-refractivity contribution in [3.8, 4) is 11.4 Å². The average Bonchev–Trinajstić information content (AvgIpc) is 2.85. The van der Waals surface area contributed by atoms with Crippen LogP contribution in [0.25, 0.3) is 22.4 Å². The van der Waals surface area contributed by atoms with Gasteiger partial charge in [-0.3, -0.25) is 4.98 Å². The van der Waals surface area contributed by atoms with Crippen LogP contribution in [-0.2, 0) is 6.54 Å². The summed E-state index contributed by atoms with van der Waals surface area (Å²) in [6, 6.07) is 7.75. The Balaban J connectivity index is 2.31. The lowest BCUT2D eigenvalue weighted by atomic mass is 10.2. The minimum Gasteiger partial charge on any atom is -0.326 e. The normalized spacial score (nSPS) is 11.5. The molecule has 1 aromatic carbocycles. The lowest BCUT2D eigenvalue weighted by Gasteiger charge is -2.13.